The summed E-state index contributed by atoms with van der Waals surface area (Å²) in [6, 6.07) is 12.3. The van der Waals surface area contributed by atoms with Crippen molar-refractivity contribution in [2.75, 3.05) is 18.5 Å². The Morgan fingerprint density at radius 3 is 2.35 bits per heavy atom. The Kier molecular flexibility index (Phi) is 7.95. The van der Waals surface area contributed by atoms with Crippen LogP contribution in [-0.2, 0) is 9.59 Å². The van der Waals surface area contributed by atoms with Gasteiger partial charge in [0.05, 0.1) is 17.9 Å². The topological polar surface area (TPSA) is 113 Å². The molecular formula is C23H18N2O6. The third kappa shape index (κ3) is 6.21. The Hall–Kier alpha value is -4.56. The molecule has 2 aromatic carbocycles. The average Bonchev–Trinajstić information content (AvgIpc) is 2.79. The number of imide groups is 1. The maximum Gasteiger partial charge on any atom is 0.337 e. The number of terminal acetylenes is 2. The molecule has 31 heavy (non-hydrogen) atoms. The average molecular weight is 418 g/mol. The fourth-order valence-electron chi connectivity index (χ4n) is 2.58. The fraction of sp³-hybridized carbons (Fsp3) is 0.130. The molecular weight excluding hydrogens is 400 g/mol. The van der Waals surface area contributed by atoms with Gasteiger partial charge >= 0.3 is 11.9 Å². The number of carboxylic acids is 1. The summed E-state index contributed by atoms with van der Waals surface area (Å²) in [5.74, 6) is 0.637. The van der Waals surface area contributed by atoms with Crippen LogP contribution in [0.15, 0.2) is 48.5 Å². The predicted octanol–water partition coefficient (Wildman–Crippen LogP) is 2.03. The number of ether oxygens (including phenoxy) is 1. The van der Waals surface area contributed by atoms with Gasteiger partial charge in [-0.25, -0.2) is 4.79 Å². The number of amides is 3. The van der Waals surface area contributed by atoms with E-state index in [4.69, 9.17) is 17.6 Å². The van der Waals surface area contributed by atoms with Crippen molar-refractivity contribution in [2.45, 2.75) is 6.42 Å². The third-order valence-corrected chi connectivity index (χ3v) is 4.03. The van der Waals surface area contributed by atoms with Crippen LogP contribution in [0.3, 0.4) is 0 Å². The normalized spacial score (nSPS) is 9.61. The molecule has 0 saturated carbocycles. The van der Waals surface area contributed by atoms with Crippen LogP contribution in [0.4, 0.5) is 5.69 Å². The van der Waals surface area contributed by atoms with Crippen molar-refractivity contribution in [3.63, 3.8) is 0 Å². The van der Waals surface area contributed by atoms with E-state index in [1.807, 2.05) is 11.8 Å². The number of anilines is 1. The van der Waals surface area contributed by atoms with Crippen LogP contribution in [0.2, 0.25) is 0 Å². The van der Waals surface area contributed by atoms with Gasteiger partial charge in [-0.05, 0) is 48.6 Å². The minimum Gasteiger partial charge on any atom is -0.494 e. The number of benzene rings is 2. The highest BCUT2D eigenvalue weighted by molar-refractivity contribution is 6.10. The van der Waals surface area contributed by atoms with Gasteiger partial charge in [-0.3, -0.25) is 19.3 Å². The largest absolute Gasteiger partial charge is 0.494 e. The van der Waals surface area contributed by atoms with Crippen molar-refractivity contribution in [2.24, 2.45) is 0 Å². The molecule has 8 nitrogen and oxygen atoms in total. The van der Waals surface area contributed by atoms with Gasteiger partial charge < -0.3 is 15.2 Å². The molecule has 2 rings (SSSR count). The number of hydrogen-bond donors (Lipinski definition) is 2. The number of nitrogens with zero attached hydrogens (tertiary/aromatic N) is 1. The molecule has 0 heterocycles. The Labute approximate surface area is 178 Å². The van der Waals surface area contributed by atoms with Gasteiger partial charge in [0.1, 0.15) is 5.75 Å². The van der Waals surface area contributed by atoms with E-state index in [1.165, 1.54) is 18.2 Å². The molecule has 0 atom stereocenters. The highest BCUT2D eigenvalue weighted by Gasteiger charge is 2.21. The van der Waals surface area contributed by atoms with Gasteiger partial charge in [0, 0.05) is 12.1 Å². The molecule has 0 spiro atoms. The predicted molar refractivity (Wildman–Crippen MR) is 112 cm³/mol. The third-order valence-electron chi connectivity index (χ3n) is 4.03. The number of nitrogens with one attached hydrogen (secondary N) is 1. The lowest BCUT2D eigenvalue weighted by atomic mass is 10.1. The molecule has 0 bridgehead atoms. The molecule has 3 amide bonds. The van der Waals surface area contributed by atoms with Crippen LogP contribution in [0.5, 0.6) is 5.75 Å². The van der Waals surface area contributed by atoms with Gasteiger partial charge in [-0.1, -0.05) is 18.2 Å². The fourth-order valence-corrected chi connectivity index (χ4v) is 2.58. The number of carbonyl (C=O) groups is 4. The second-order valence-electron chi connectivity index (χ2n) is 6.09. The molecule has 0 radical (unpaired) electrons. The summed E-state index contributed by atoms with van der Waals surface area (Å²) in [7, 11) is 0. The molecule has 2 aromatic rings. The van der Waals surface area contributed by atoms with Crippen LogP contribution in [0.25, 0.3) is 0 Å². The van der Waals surface area contributed by atoms with Crippen molar-refractivity contribution < 1.29 is 29.0 Å². The quantitative estimate of drug-likeness (QED) is 0.501. The zero-order valence-corrected chi connectivity index (χ0v) is 16.3. The number of aromatic carboxylic acids is 1. The van der Waals surface area contributed by atoms with Crippen LogP contribution >= 0.6 is 0 Å². The van der Waals surface area contributed by atoms with E-state index in [1.54, 1.807) is 30.3 Å². The molecule has 0 aromatic heterocycles. The molecule has 156 valence electrons. The number of carbonyl (C=O) groups excluding carboxylic acids is 3. The molecule has 0 fully saturated rings. The lowest BCUT2D eigenvalue weighted by molar-refractivity contribution is -0.122. The second kappa shape index (κ2) is 10.8. The Morgan fingerprint density at radius 2 is 1.74 bits per heavy atom. The molecule has 0 aliphatic rings. The van der Waals surface area contributed by atoms with E-state index in [-0.39, 0.29) is 36.6 Å². The van der Waals surface area contributed by atoms with E-state index in [0.29, 0.717) is 5.56 Å². The second-order valence-corrected chi connectivity index (χ2v) is 6.09. The van der Waals surface area contributed by atoms with Crippen molar-refractivity contribution in [3.8, 4) is 30.4 Å². The van der Waals surface area contributed by atoms with Crippen LogP contribution in [-0.4, -0.2) is 46.8 Å². The standard InChI is InChI=1S/C23H18N2O6/c1-3-20(26)24-19-12-11-17(15-18(19)23(29)30)31-14-8-13-25(21(27)4-2)22(28)16-9-6-5-7-10-16/h1-2,5-7,9-12,15H,8,13-14H2,(H,24,26)(H,29,30). The SMILES string of the molecule is C#CC(=O)Nc1ccc(OCCCN(C(=O)C#C)C(=O)c2ccccc2)cc1C(=O)O. The molecule has 0 unspecified atom stereocenters. The lowest BCUT2D eigenvalue weighted by Gasteiger charge is -2.18. The minimum atomic E-state index is -1.28. The van der Waals surface area contributed by atoms with E-state index >= 15 is 0 Å². The first kappa shape index (κ1) is 22.7. The smallest absolute Gasteiger partial charge is 0.337 e. The lowest BCUT2D eigenvalue weighted by Crippen LogP contribution is -2.37. The van der Waals surface area contributed by atoms with E-state index in [2.05, 4.69) is 5.32 Å². The summed E-state index contributed by atoms with van der Waals surface area (Å²) in [5, 5.41) is 11.6. The summed E-state index contributed by atoms with van der Waals surface area (Å²) in [4.78, 5) is 48.2. The first-order valence-corrected chi connectivity index (χ1v) is 9.02. The Bertz CT molecular complexity index is 1080. The first-order valence-electron chi connectivity index (χ1n) is 9.02. The summed E-state index contributed by atoms with van der Waals surface area (Å²) in [5.41, 5.74) is 0.147. The molecule has 0 saturated heterocycles. The molecule has 2 N–H and O–H groups in total. The zero-order chi connectivity index (χ0) is 22.8. The van der Waals surface area contributed by atoms with Gasteiger partial charge in [-0.2, -0.15) is 0 Å². The highest BCUT2D eigenvalue weighted by Crippen LogP contribution is 2.22. The maximum atomic E-state index is 12.5. The van der Waals surface area contributed by atoms with Crippen LogP contribution < -0.4 is 10.1 Å². The van der Waals surface area contributed by atoms with Crippen molar-refractivity contribution in [1.82, 2.24) is 4.90 Å². The summed E-state index contributed by atoms with van der Waals surface area (Å²) >= 11 is 0. The Balaban J connectivity index is 2.02. The highest BCUT2D eigenvalue weighted by atomic mass is 16.5. The van der Waals surface area contributed by atoms with E-state index in [9.17, 15) is 24.3 Å². The molecule has 8 heteroatoms. The molecule has 0 aliphatic heterocycles. The monoisotopic (exact) mass is 418 g/mol. The van der Waals surface area contributed by atoms with E-state index in [0.717, 1.165) is 4.90 Å². The van der Waals surface area contributed by atoms with Gasteiger partial charge in [0.15, 0.2) is 0 Å². The van der Waals surface area contributed by atoms with Crippen molar-refractivity contribution in [1.29, 1.82) is 0 Å². The van der Waals surface area contributed by atoms with Crippen molar-refractivity contribution in [3.05, 3.63) is 59.7 Å². The summed E-state index contributed by atoms with van der Waals surface area (Å²) in [6.45, 7) is 0.0877. The van der Waals surface area contributed by atoms with Crippen LogP contribution in [0, 0.1) is 24.7 Å². The number of hydrogen-bond acceptors (Lipinski definition) is 5. The summed E-state index contributed by atoms with van der Waals surface area (Å²) in [6.07, 6.45) is 10.4. The van der Waals surface area contributed by atoms with Gasteiger partial charge in [-0.15, -0.1) is 12.8 Å². The molecule has 0 aliphatic carbocycles. The zero-order valence-electron chi connectivity index (χ0n) is 16.3. The van der Waals surface area contributed by atoms with Crippen LogP contribution in [0.1, 0.15) is 27.1 Å². The number of rotatable bonds is 8. The van der Waals surface area contributed by atoms with Crippen molar-refractivity contribution >= 4 is 29.4 Å². The minimum absolute atomic E-state index is 0.0128. The Morgan fingerprint density at radius 1 is 1.03 bits per heavy atom. The first-order chi connectivity index (χ1) is 14.9. The summed E-state index contributed by atoms with van der Waals surface area (Å²) < 4.78 is 5.52. The van der Waals surface area contributed by atoms with Gasteiger partial charge in [0.2, 0.25) is 0 Å². The van der Waals surface area contributed by atoms with Gasteiger partial charge in [0.25, 0.3) is 11.8 Å². The van der Waals surface area contributed by atoms with E-state index < -0.39 is 23.7 Å². The maximum absolute atomic E-state index is 12.5. The number of carboxylic acid groups (broad SMARTS) is 1.